The maximum atomic E-state index is 11.6. The number of hydrogen-bond donors (Lipinski definition) is 1. The Morgan fingerprint density at radius 2 is 2.11 bits per heavy atom. The number of benzene rings is 1. The van der Waals surface area contributed by atoms with Crippen molar-refractivity contribution in [2.75, 3.05) is 14.2 Å². The van der Waals surface area contributed by atoms with Crippen molar-refractivity contribution in [2.45, 2.75) is 6.10 Å². The molecule has 0 radical (unpaired) electrons. The molecule has 5 nitrogen and oxygen atoms in total. The summed E-state index contributed by atoms with van der Waals surface area (Å²) < 4.78 is 6.94. The van der Waals surface area contributed by atoms with E-state index in [1.807, 2.05) is 36.5 Å². The van der Waals surface area contributed by atoms with Crippen LogP contribution >= 0.6 is 0 Å². The number of rotatable bonds is 4. The lowest BCUT2D eigenvalue weighted by molar-refractivity contribution is -0.130. The molecule has 1 amide bonds. The summed E-state index contributed by atoms with van der Waals surface area (Å²) in [5.41, 5.74) is 1.75. The van der Waals surface area contributed by atoms with E-state index in [0.29, 0.717) is 0 Å². The summed E-state index contributed by atoms with van der Waals surface area (Å²) in [4.78, 5) is 11.6. The minimum absolute atomic E-state index is 0.163. The Balaban J connectivity index is 2.24. The van der Waals surface area contributed by atoms with Crippen LogP contribution in [0.3, 0.4) is 0 Å². The summed E-state index contributed by atoms with van der Waals surface area (Å²) in [7, 11) is 3.10. The second kappa shape index (κ2) is 5.46. The number of aromatic nitrogens is 2. The molecule has 0 aliphatic heterocycles. The van der Waals surface area contributed by atoms with Gasteiger partial charge in [0.15, 0.2) is 6.10 Å². The van der Waals surface area contributed by atoms with Crippen LogP contribution in [0.15, 0.2) is 42.7 Å². The van der Waals surface area contributed by atoms with E-state index < -0.39 is 6.10 Å². The van der Waals surface area contributed by atoms with E-state index in [0.717, 1.165) is 11.3 Å². The van der Waals surface area contributed by atoms with Gasteiger partial charge in [0.05, 0.1) is 5.69 Å². The fourth-order valence-corrected chi connectivity index (χ4v) is 1.75. The summed E-state index contributed by atoms with van der Waals surface area (Å²) in [5.74, 6) is -0.163. The molecule has 1 N–H and O–H groups in total. The first kappa shape index (κ1) is 12.3. The van der Waals surface area contributed by atoms with Crippen molar-refractivity contribution in [3.8, 4) is 5.69 Å². The third-order valence-corrected chi connectivity index (χ3v) is 2.69. The number of nitrogens with zero attached hydrogens (tertiary/aromatic N) is 2. The van der Waals surface area contributed by atoms with E-state index in [9.17, 15) is 4.79 Å². The second-order valence-corrected chi connectivity index (χ2v) is 3.77. The Morgan fingerprint density at radius 1 is 1.39 bits per heavy atom. The van der Waals surface area contributed by atoms with Gasteiger partial charge in [0, 0.05) is 26.6 Å². The molecule has 94 valence electrons. The number of nitrogens with one attached hydrogen (secondary N) is 1. The number of methoxy groups -OCH3 is 1. The van der Waals surface area contributed by atoms with Crippen LogP contribution in [-0.2, 0) is 9.53 Å². The fourth-order valence-electron chi connectivity index (χ4n) is 1.75. The van der Waals surface area contributed by atoms with E-state index in [2.05, 4.69) is 10.4 Å². The first-order valence-corrected chi connectivity index (χ1v) is 5.60. The maximum Gasteiger partial charge on any atom is 0.253 e. The van der Waals surface area contributed by atoms with Crippen molar-refractivity contribution < 1.29 is 9.53 Å². The summed E-state index contributed by atoms with van der Waals surface area (Å²) in [6, 6.07) is 9.38. The Morgan fingerprint density at radius 3 is 2.61 bits per heavy atom. The van der Waals surface area contributed by atoms with Gasteiger partial charge in [0.2, 0.25) is 0 Å². The van der Waals surface area contributed by atoms with Crippen molar-refractivity contribution in [3.63, 3.8) is 0 Å². The van der Waals surface area contributed by atoms with E-state index in [1.165, 1.54) is 7.11 Å². The van der Waals surface area contributed by atoms with E-state index >= 15 is 0 Å². The van der Waals surface area contributed by atoms with Crippen LogP contribution in [0, 0.1) is 0 Å². The predicted molar refractivity (Wildman–Crippen MR) is 67.4 cm³/mol. The van der Waals surface area contributed by atoms with Crippen molar-refractivity contribution in [1.29, 1.82) is 0 Å². The Bertz CT molecular complexity index is 506. The Labute approximate surface area is 105 Å². The number of ether oxygens (including phenoxy) is 1. The molecule has 0 saturated carbocycles. The molecule has 0 spiro atoms. The van der Waals surface area contributed by atoms with Crippen molar-refractivity contribution >= 4 is 5.91 Å². The highest BCUT2D eigenvalue weighted by Crippen LogP contribution is 2.18. The molecule has 1 aromatic carbocycles. The smallest absolute Gasteiger partial charge is 0.253 e. The maximum absolute atomic E-state index is 11.6. The molecule has 1 atom stereocenters. The van der Waals surface area contributed by atoms with Gasteiger partial charge >= 0.3 is 0 Å². The molecule has 2 rings (SSSR count). The molecule has 0 fully saturated rings. The minimum atomic E-state index is -0.582. The summed E-state index contributed by atoms with van der Waals surface area (Å²) >= 11 is 0. The molecule has 0 saturated heterocycles. The first-order valence-electron chi connectivity index (χ1n) is 5.60. The molecular weight excluding hydrogens is 230 g/mol. The highest BCUT2D eigenvalue weighted by atomic mass is 16.5. The molecule has 0 aliphatic carbocycles. The van der Waals surface area contributed by atoms with Gasteiger partial charge in [0.25, 0.3) is 5.91 Å². The van der Waals surface area contributed by atoms with Gasteiger partial charge in [-0.15, -0.1) is 0 Å². The Hall–Kier alpha value is -2.14. The zero-order valence-corrected chi connectivity index (χ0v) is 10.3. The molecule has 5 heteroatoms. The lowest BCUT2D eigenvalue weighted by atomic mass is 10.1. The molecule has 0 aliphatic rings. The van der Waals surface area contributed by atoms with Gasteiger partial charge in [0.1, 0.15) is 0 Å². The van der Waals surface area contributed by atoms with Gasteiger partial charge in [-0.25, -0.2) is 4.68 Å². The number of carbonyl (C=O) groups excluding carboxylic acids is 1. The number of carbonyl (C=O) groups is 1. The zero-order chi connectivity index (χ0) is 13.0. The van der Waals surface area contributed by atoms with E-state index in [-0.39, 0.29) is 5.91 Å². The lowest BCUT2D eigenvalue weighted by Gasteiger charge is -2.14. The zero-order valence-electron chi connectivity index (χ0n) is 10.3. The standard InChI is InChI=1S/C13H15N3O2/c1-14-13(17)12(18-2)10-4-6-11(7-5-10)16-9-3-8-15-16/h3-9,12H,1-2H3,(H,14,17). The van der Waals surface area contributed by atoms with Crippen LogP contribution in [0.2, 0.25) is 0 Å². The van der Waals surface area contributed by atoms with Gasteiger partial charge in [-0.2, -0.15) is 5.10 Å². The average Bonchev–Trinajstić information content (AvgIpc) is 2.94. The van der Waals surface area contributed by atoms with Crippen LogP contribution in [0.5, 0.6) is 0 Å². The lowest BCUT2D eigenvalue weighted by Crippen LogP contribution is -2.26. The molecule has 18 heavy (non-hydrogen) atoms. The summed E-state index contributed by atoms with van der Waals surface area (Å²) in [6.45, 7) is 0. The van der Waals surface area contributed by atoms with E-state index in [1.54, 1.807) is 17.9 Å². The second-order valence-electron chi connectivity index (χ2n) is 3.77. The normalized spacial score (nSPS) is 12.1. The summed E-state index contributed by atoms with van der Waals surface area (Å²) in [5, 5.41) is 6.71. The van der Waals surface area contributed by atoms with Crippen LogP contribution in [0.4, 0.5) is 0 Å². The highest BCUT2D eigenvalue weighted by Gasteiger charge is 2.18. The topological polar surface area (TPSA) is 56.1 Å². The number of amides is 1. The third kappa shape index (κ3) is 2.41. The van der Waals surface area contributed by atoms with Crippen LogP contribution < -0.4 is 5.32 Å². The monoisotopic (exact) mass is 245 g/mol. The van der Waals surface area contributed by atoms with Crippen molar-refractivity contribution in [1.82, 2.24) is 15.1 Å². The predicted octanol–water partition coefficient (Wildman–Crippen LogP) is 1.31. The average molecular weight is 245 g/mol. The highest BCUT2D eigenvalue weighted by molar-refractivity contribution is 5.81. The van der Waals surface area contributed by atoms with Crippen LogP contribution in [0.1, 0.15) is 11.7 Å². The van der Waals surface area contributed by atoms with Gasteiger partial charge in [-0.3, -0.25) is 4.79 Å². The number of likely N-dealkylation sites (N-methyl/N-ethyl adjacent to an activating group) is 1. The van der Waals surface area contributed by atoms with Gasteiger partial charge < -0.3 is 10.1 Å². The minimum Gasteiger partial charge on any atom is -0.367 e. The van der Waals surface area contributed by atoms with Crippen LogP contribution in [0.25, 0.3) is 5.69 Å². The molecule has 1 unspecified atom stereocenters. The molecule has 0 bridgehead atoms. The molecule has 2 aromatic rings. The molecule has 1 heterocycles. The summed E-state index contributed by atoms with van der Waals surface area (Å²) in [6.07, 6.45) is 3.00. The Kier molecular flexibility index (Phi) is 3.74. The van der Waals surface area contributed by atoms with Gasteiger partial charge in [-0.05, 0) is 23.8 Å². The fraction of sp³-hybridized carbons (Fsp3) is 0.231. The van der Waals surface area contributed by atoms with Crippen molar-refractivity contribution in [3.05, 3.63) is 48.3 Å². The van der Waals surface area contributed by atoms with Crippen molar-refractivity contribution in [2.24, 2.45) is 0 Å². The largest absolute Gasteiger partial charge is 0.367 e. The first-order chi connectivity index (χ1) is 8.76. The quantitative estimate of drug-likeness (QED) is 0.883. The van der Waals surface area contributed by atoms with E-state index in [4.69, 9.17) is 4.74 Å². The van der Waals surface area contributed by atoms with Gasteiger partial charge in [-0.1, -0.05) is 12.1 Å². The molecular formula is C13H15N3O2. The van der Waals surface area contributed by atoms with Crippen LogP contribution in [-0.4, -0.2) is 29.8 Å². The number of hydrogen-bond acceptors (Lipinski definition) is 3. The molecule has 1 aromatic heterocycles. The third-order valence-electron chi connectivity index (χ3n) is 2.69. The SMILES string of the molecule is CNC(=O)C(OC)c1ccc(-n2cccn2)cc1.